The topological polar surface area (TPSA) is 41.6 Å². The molecule has 0 aliphatic rings. The van der Waals surface area contributed by atoms with E-state index in [1.54, 1.807) is 24.9 Å². The molecule has 0 aromatic heterocycles. The highest BCUT2D eigenvalue weighted by Crippen LogP contribution is 2.25. The van der Waals surface area contributed by atoms with E-state index in [1.165, 1.54) is 29.4 Å². The highest BCUT2D eigenvalue weighted by Gasteiger charge is 2.31. The number of alkyl halides is 3. The summed E-state index contributed by atoms with van der Waals surface area (Å²) in [6, 6.07) is 6.14. The second kappa shape index (κ2) is 16.6. The fourth-order valence-corrected chi connectivity index (χ4v) is 4.07. The summed E-state index contributed by atoms with van der Waals surface area (Å²) in [5.41, 5.74) is 2.37. The van der Waals surface area contributed by atoms with Gasteiger partial charge in [-0.15, -0.1) is 13.2 Å². The summed E-state index contributed by atoms with van der Waals surface area (Å²) in [6.07, 6.45) is 6.63. The molecule has 1 unspecified atom stereocenters. The highest BCUT2D eigenvalue weighted by atomic mass is 32.2. The lowest BCUT2D eigenvalue weighted by Gasteiger charge is -2.21. The number of allylic oxidation sites excluding steroid dienone is 4. The molecule has 0 aliphatic heterocycles. The normalized spacial score (nSPS) is 13.8. The van der Waals surface area contributed by atoms with E-state index in [0.717, 1.165) is 43.7 Å². The molecule has 0 saturated heterocycles. The molecule has 0 spiro atoms. The monoisotopic (exact) mass is 498 g/mol. The Morgan fingerprint density at radius 3 is 2.71 bits per heavy atom. The number of rotatable bonds is 16. The second-order valence-electron chi connectivity index (χ2n) is 8.06. The first-order valence-corrected chi connectivity index (χ1v) is 12.4. The standard InChI is InChI=1S/C26H37F3N2O2S/c1-5-7-16-31(17-9-8-13-23(11-6-2)33-26(27,28)29)18-15-30-34-25-14-10-12-22(4)24(25)19-21(3)20-32/h6,8-14,20-21,30H,5,7,15-19H2,1-4H3/b9-8+,11-6-,23-13+. The van der Waals surface area contributed by atoms with E-state index in [-0.39, 0.29) is 11.7 Å². The van der Waals surface area contributed by atoms with Gasteiger partial charge in [-0.05, 0) is 74.5 Å². The molecule has 0 bridgehead atoms. The molecule has 0 aliphatic carbocycles. The zero-order valence-electron chi connectivity index (χ0n) is 20.5. The van der Waals surface area contributed by atoms with Crippen LogP contribution < -0.4 is 4.72 Å². The van der Waals surface area contributed by atoms with E-state index in [1.807, 2.05) is 19.1 Å². The molecule has 0 amide bonds. The third-order valence-electron chi connectivity index (χ3n) is 4.99. The summed E-state index contributed by atoms with van der Waals surface area (Å²) in [5, 5.41) is 0. The van der Waals surface area contributed by atoms with E-state index >= 15 is 0 Å². The number of halogens is 3. The molecule has 0 fully saturated rings. The highest BCUT2D eigenvalue weighted by molar-refractivity contribution is 7.97. The van der Waals surface area contributed by atoms with E-state index in [9.17, 15) is 18.0 Å². The summed E-state index contributed by atoms with van der Waals surface area (Å²) >= 11 is 1.57. The van der Waals surface area contributed by atoms with Crippen LogP contribution in [0.5, 0.6) is 0 Å². The van der Waals surface area contributed by atoms with Gasteiger partial charge in [0.2, 0.25) is 0 Å². The van der Waals surface area contributed by atoms with Gasteiger partial charge in [-0.25, -0.2) is 0 Å². The first-order chi connectivity index (χ1) is 16.2. The van der Waals surface area contributed by atoms with Crippen LogP contribution in [-0.2, 0) is 16.0 Å². The van der Waals surface area contributed by atoms with Gasteiger partial charge in [0, 0.05) is 30.4 Å². The molecule has 1 aromatic rings. The molecule has 1 N–H and O–H groups in total. The molecule has 1 aromatic carbocycles. The molecule has 1 atom stereocenters. The average Bonchev–Trinajstić information content (AvgIpc) is 2.78. The van der Waals surface area contributed by atoms with E-state index < -0.39 is 6.36 Å². The lowest BCUT2D eigenvalue weighted by Crippen LogP contribution is -2.31. The fraction of sp³-hybridized carbons (Fsp3) is 0.500. The lowest BCUT2D eigenvalue weighted by atomic mass is 9.98. The Hall–Kier alpha value is -2.03. The van der Waals surface area contributed by atoms with Crippen molar-refractivity contribution in [3.63, 3.8) is 0 Å². The summed E-state index contributed by atoms with van der Waals surface area (Å²) in [5.74, 6) is -0.275. The van der Waals surface area contributed by atoms with Crippen LogP contribution in [0.4, 0.5) is 13.2 Å². The quantitative estimate of drug-likeness (QED) is 0.0912. The molecule has 8 heteroatoms. The van der Waals surface area contributed by atoms with Crippen molar-refractivity contribution < 1.29 is 22.7 Å². The Labute approximate surface area is 206 Å². The smallest absolute Gasteiger partial charge is 0.406 e. The number of aldehydes is 1. The number of benzene rings is 1. The van der Waals surface area contributed by atoms with Crippen molar-refractivity contribution in [3.05, 3.63) is 65.5 Å². The predicted molar refractivity (Wildman–Crippen MR) is 134 cm³/mol. The molecular weight excluding hydrogens is 461 g/mol. The SMILES string of the molecule is C\C=C/C(=C\C=C\CN(CCCC)CCNSc1cccc(C)c1CC(C)C=O)OC(F)(F)F. The van der Waals surface area contributed by atoms with Crippen LogP contribution in [0.2, 0.25) is 0 Å². The van der Waals surface area contributed by atoms with Gasteiger partial charge in [-0.1, -0.05) is 50.6 Å². The first kappa shape index (κ1) is 30.0. The zero-order chi connectivity index (χ0) is 25.4. The van der Waals surface area contributed by atoms with Crippen LogP contribution >= 0.6 is 11.9 Å². The summed E-state index contributed by atoms with van der Waals surface area (Å²) in [7, 11) is 0. The molecule has 1 rings (SSSR count). The van der Waals surface area contributed by atoms with E-state index in [4.69, 9.17) is 0 Å². The average molecular weight is 499 g/mol. The molecular formula is C26H37F3N2O2S. The fourth-order valence-electron chi connectivity index (χ4n) is 3.21. The van der Waals surface area contributed by atoms with Crippen LogP contribution in [0.1, 0.15) is 44.7 Å². The molecule has 190 valence electrons. The molecule has 0 heterocycles. The third-order valence-corrected chi connectivity index (χ3v) is 5.94. The minimum absolute atomic E-state index is 0.0271. The van der Waals surface area contributed by atoms with Crippen LogP contribution in [0.15, 0.2) is 59.2 Å². The van der Waals surface area contributed by atoms with Gasteiger partial charge in [-0.2, -0.15) is 0 Å². The Morgan fingerprint density at radius 1 is 1.29 bits per heavy atom. The number of unbranched alkanes of at least 4 members (excludes halogenated alkanes) is 1. The first-order valence-electron chi connectivity index (χ1n) is 11.6. The number of hydrogen-bond acceptors (Lipinski definition) is 5. The van der Waals surface area contributed by atoms with E-state index in [0.29, 0.717) is 13.0 Å². The summed E-state index contributed by atoms with van der Waals surface area (Å²) in [4.78, 5) is 14.5. The van der Waals surface area contributed by atoms with Gasteiger partial charge in [0.05, 0.1) is 0 Å². The summed E-state index contributed by atoms with van der Waals surface area (Å²) < 4.78 is 44.8. The number of aryl methyl sites for hydroxylation is 1. The Bertz CT molecular complexity index is 823. The van der Waals surface area contributed by atoms with Gasteiger partial charge in [0.15, 0.2) is 0 Å². The number of hydrogen-bond donors (Lipinski definition) is 1. The largest absolute Gasteiger partial charge is 0.573 e. The van der Waals surface area contributed by atoms with Crippen molar-refractivity contribution >= 4 is 18.2 Å². The number of nitrogens with zero attached hydrogens (tertiary/aromatic N) is 1. The number of carbonyl (C=O) groups is 1. The predicted octanol–water partition coefficient (Wildman–Crippen LogP) is 6.62. The lowest BCUT2D eigenvalue weighted by molar-refractivity contribution is -0.303. The van der Waals surface area contributed by atoms with Crippen molar-refractivity contribution in [2.45, 2.75) is 58.2 Å². The van der Waals surface area contributed by atoms with Crippen LogP contribution in [0.3, 0.4) is 0 Å². The van der Waals surface area contributed by atoms with Crippen LogP contribution in [0.25, 0.3) is 0 Å². The van der Waals surface area contributed by atoms with Crippen LogP contribution in [-0.4, -0.2) is 43.7 Å². The van der Waals surface area contributed by atoms with Gasteiger partial charge >= 0.3 is 6.36 Å². The maximum atomic E-state index is 12.5. The third kappa shape index (κ3) is 13.0. The van der Waals surface area contributed by atoms with Crippen molar-refractivity contribution in [3.8, 4) is 0 Å². The minimum Gasteiger partial charge on any atom is -0.406 e. The van der Waals surface area contributed by atoms with Gasteiger partial charge < -0.3 is 9.53 Å². The van der Waals surface area contributed by atoms with Gasteiger partial charge in [-0.3, -0.25) is 9.62 Å². The Morgan fingerprint density at radius 2 is 2.06 bits per heavy atom. The Kier molecular flexibility index (Phi) is 14.6. The molecule has 0 radical (unpaired) electrons. The minimum atomic E-state index is -4.71. The van der Waals surface area contributed by atoms with Crippen molar-refractivity contribution in [1.29, 1.82) is 0 Å². The Balaban J connectivity index is 2.65. The number of carbonyl (C=O) groups excluding carboxylic acids is 1. The van der Waals surface area contributed by atoms with Crippen molar-refractivity contribution in [2.75, 3.05) is 26.2 Å². The number of ether oxygens (including phenoxy) is 1. The maximum Gasteiger partial charge on any atom is 0.573 e. The number of nitrogens with one attached hydrogen (secondary N) is 1. The van der Waals surface area contributed by atoms with Crippen LogP contribution in [0, 0.1) is 12.8 Å². The second-order valence-corrected chi connectivity index (χ2v) is 9.00. The molecule has 0 saturated carbocycles. The molecule has 34 heavy (non-hydrogen) atoms. The maximum absolute atomic E-state index is 12.5. The van der Waals surface area contributed by atoms with Gasteiger partial charge in [0.25, 0.3) is 0 Å². The summed E-state index contributed by atoms with van der Waals surface area (Å²) in [6.45, 7) is 10.8. The zero-order valence-corrected chi connectivity index (χ0v) is 21.3. The van der Waals surface area contributed by atoms with Crippen molar-refractivity contribution in [2.24, 2.45) is 5.92 Å². The molecule has 4 nitrogen and oxygen atoms in total. The van der Waals surface area contributed by atoms with Crippen molar-refractivity contribution in [1.82, 2.24) is 9.62 Å². The van der Waals surface area contributed by atoms with Gasteiger partial charge in [0.1, 0.15) is 12.0 Å². The van der Waals surface area contributed by atoms with E-state index in [2.05, 4.69) is 40.3 Å².